The van der Waals surface area contributed by atoms with Crippen molar-refractivity contribution in [2.45, 2.75) is 13.5 Å². The molecule has 2 aromatic rings. The second-order valence-corrected chi connectivity index (χ2v) is 6.25. The van der Waals surface area contributed by atoms with Crippen molar-refractivity contribution in [3.8, 4) is 0 Å². The standard InChI is InChI=1S/C17H24N4O3/c1-14-11-16(19(2)18-14)12-21(17(22)15-3-8-24-13-15)5-4-20-6-9-23-10-7-20/h3,8,11,13H,4-7,9-10,12H2,1-2H3/p+1. The van der Waals surface area contributed by atoms with Crippen molar-refractivity contribution >= 4 is 5.91 Å². The number of hydrogen-bond donors (Lipinski definition) is 1. The van der Waals surface area contributed by atoms with Crippen LogP contribution in [0.2, 0.25) is 0 Å². The maximum Gasteiger partial charge on any atom is 0.257 e. The van der Waals surface area contributed by atoms with Crippen molar-refractivity contribution in [2.75, 3.05) is 39.4 Å². The van der Waals surface area contributed by atoms with E-state index in [4.69, 9.17) is 9.15 Å². The second-order valence-electron chi connectivity index (χ2n) is 6.25. The second kappa shape index (κ2) is 7.63. The molecule has 2 aromatic heterocycles. The molecule has 7 heteroatoms. The van der Waals surface area contributed by atoms with Crippen LogP contribution < -0.4 is 4.90 Å². The summed E-state index contributed by atoms with van der Waals surface area (Å²) in [5.74, 6) is -0.00439. The molecule has 1 aliphatic rings. The number of rotatable bonds is 6. The zero-order valence-corrected chi connectivity index (χ0v) is 14.3. The van der Waals surface area contributed by atoms with Gasteiger partial charge in [0.15, 0.2) is 0 Å². The highest BCUT2D eigenvalue weighted by Crippen LogP contribution is 2.11. The van der Waals surface area contributed by atoms with E-state index in [9.17, 15) is 4.79 Å². The van der Waals surface area contributed by atoms with E-state index in [1.807, 2.05) is 29.6 Å². The summed E-state index contributed by atoms with van der Waals surface area (Å²) in [7, 11) is 1.91. The minimum atomic E-state index is -0.00439. The molecule has 1 saturated heterocycles. The van der Waals surface area contributed by atoms with E-state index in [2.05, 4.69) is 5.10 Å². The topological polar surface area (TPSA) is 64.9 Å². The molecule has 0 bridgehead atoms. The van der Waals surface area contributed by atoms with Crippen molar-refractivity contribution < 1.29 is 18.8 Å². The number of nitrogens with one attached hydrogen (secondary N) is 1. The number of carbonyl (C=O) groups is 1. The molecule has 1 N–H and O–H groups in total. The zero-order chi connectivity index (χ0) is 16.9. The van der Waals surface area contributed by atoms with Crippen molar-refractivity contribution in [1.29, 1.82) is 0 Å². The highest BCUT2D eigenvalue weighted by Gasteiger charge is 2.22. The summed E-state index contributed by atoms with van der Waals surface area (Å²) < 4.78 is 12.3. The van der Waals surface area contributed by atoms with E-state index in [0.717, 1.165) is 44.2 Å². The largest absolute Gasteiger partial charge is 0.472 e. The third-order valence-electron chi connectivity index (χ3n) is 4.44. The smallest absolute Gasteiger partial charge is 0.257 e. The molecule has 3 heterocycles. The fraction of sp³-hybridized carbons (Fsp3) is 0.529. The van der Waals surface area contributed by atoms with Gasteiger partial charge in [-0.05, 0) is 19.1 Å². The van der Waals surface area contributed by atoms with Gasteiger partial charge in [-0.1, -0.05) is 0 Å². The summed E-state index contributed by atoms with van der Waals surface area (Å²) >= 11 is 0. The summed E-state index contributed by atoms with van der Waals surface area (Å²) in [5, 5.41) is 4.37. The number of furan rings is 1. The predicted molar refractivity (Wildman–Crippen MR) is 87.8 cm³/mol. The minimum absolute atomic E-state index is 0.00439. The molecule has 24 heavy (non-hydrogen) atoms. The Hall–Kier alpha value is -2.12. The number of amides is 1. The number of carbonyl (C=O) groups excluding carboxylic acids is 1. The van der Waals surface area contributed by atoms with E-state index >= 15 is 0 Å². The molecule has 1 fully saturated rings. The van der Waals surface area contributed by atoms with Crippen LogP contribution >= 0.6 is 0 Å². The maximum atomic E-state index is 12.8. The SMILES string of the molecule is Cc1cc(CN(CC[NH+]2CCOCC2)C(=O)c2ccoc2)n(C)n1. The number of hydrogen-bond acceptors (Lipinski definition) is 4. The highest BCUT2D eigenvalue weighted by atomic mass is 16.5. The van der Waals surface area contributed by atoms with Gasteiger partial charge in [-0.15, -0.1) is 0 Å². The van der Waals surface area contributed by atoms with Crippen LogP contribution in [0.5, 0.6) is 0 Å². The molecular formula is C17H25N4O3+. The molecular weight excluding hydrogens is 308 g/mol. The number of ether oxygens (including phenoxy) is 1. The molecule has 1 amide bonds. The molecule has 0 aliphatic carbocycles. The summed E-state index contributed by atoms with van der Waals surface area (Å²) in [5.41, 5.74) is 2.58. The lowest BCUT2D eigenvalue weighted by Gasteiger charge is -2.27. The first-order chi connectivity index (χ1) is 11.6. The van der Waals surface area contributed by atoms with Crippen LogP contribution in [0.25, 0.3) is 0 Å². The molecule has 0 spiro atoms. The van der Waals surface area contributed by atoms with Crippen LogP contribution in [0, 0.1) is 6.92 Å². The van der Waals surface area contributed by atoms with Gasteiger partial charge in [0, 0.05) is 7.05 Å². The van der Waals surface area contributed by atoms with E-state index in [1.54, 1.807) is 6.07 Å². The van der Waals surface area contributed by atoms with Gasteiger partial charge < -0.3 is 19.0 Å². The Morgan fingerprint density at radius 1 is 1.42 bits per heavy atom. The van der Waals surface area contributed by atoms with E-state index < -0.39 is 0 Å². The van der Waals surface area contributed by atoms with Gasteiger partial charge in [-0.3, -0.25) is 9.48 Å². The average Bonchev–Trinajstić information content (AvgIpc) is 3.22. The lowest BCUT2D eigenvalue weighted by Crippen LogP contribution is -3.14. The zero-order valence-electron chi connectivity index (χ0n) is 14.3. The molecule has 0 atom stereocenters. The number of morpholine rings is 1. The van der Waals surface area contributed by atoms with Gasteiger partial charge in [0.2, 0.25) is 0 Å². The van der Waals surface area contributed by atoms with Crippen molar-refractivity contribution in [3.05, 3.63) is 41.6 Å². The molecule has 1 aliphatic heterocycles. The molecule has 0 unspecified atom stereocenters. The highest BCUT2D eigenvalue weighted by molar-refractivity contribution is 5.93. The van der Waals surface area contributed by atoms with Crippen LogP contribution in [0.15, 0.2) is 29.1 Å². The van der Waals surface area contributed by atoms with Gasteiger partial charge in [0.05, 0.1) is 56.1 Å². The Morgan fingerprint density at radius 2 is 2.21 bits per heavy atom. The van der Waals surface area contributed by atoms with Crippen molar-refractivity contribution in [2.24, 2.45) is 7.05 Å². The molecule has 0 aromatic carbocycles. The lowest BCUT2D eigenvalue weighted by atomic mass is 10.2. The first kappa shape index (κ1) is 16.7. The Balaban J connectivity index is 1.70. The number of quaternary nitrogens is 1. The summed E-state index contributed by atoms with van der Waals surface area (Å²) in [6, 6.07) is 3.74. The van der Waals surface area contributed by atoms with Crippen LogP contribution in [0.4, 0.5) is 0 Å². The molecule has 0 saturated carbocycles. The van der Waals surface area contributed by atoms with Crippen LogP contribution in [0.3, 0.4) is 0 Å². The quantitative estimate of drug-likeness (QED) is 0.800. The first-order valence-corrected chi connectivity index (χ1v) is 8.36. The summed E-state index contributed by atoms with van der Waals surface area (Å²) in [4.78, 5) is 16.2. The minimum Gasteiger partial charge on any atom is -0.472 e. The fourth-order valence-electron chi connectivity index (χ4n) is 3.03. The lowest BCUT2D eigenvalue weighted by molar-refractivity contribution is -0.907. The van der Waals surface area contributed by atoms with Crippen LogP contribution in [0.1, 0.15) is 21.7 Å². The summed E-state index contributed by atoms with van der Waals surface area (Å²) in [6.07, 6.45) is 3.04. The Morgan fingerprint density at radius 3 is 2.83 bits per heavy atom. The van der Waals surface area contributed by atoms with Gasteiger partial charge in [-0.25, -0.2) is 0 Å². The Labute approximate surface area is 141 Å². The molecule has 3 rings (SSSR count). The molecule has 0 radical (unpaired) electrons. The average molecular weight is 333 g/mol. The fourth-order valence-corrected chi connectivity index (χ4v) is 3.03. The van der Waals surface area contributed by atoms with E-state index in [1.165, 1.54) is 17.4 Å². The van der Waals surface area contributed by atoms with Crippen molar-refractivity contribution in [3.63, 3.8) is 0 Å². The third-order valence-corrected chi connectivity index (χ3v) is 4.44. The van der Waals surface area contributed by atoms with E-state index in [0.29, 0.717) is 18.7 Å². The predicted octanol–water partition coefficient (Wildman–Crippen LogP) is -0.121. The van der Waals surface area contributed by atoms with Gasteiger partial charge >= 0.3 is 0 Å². The molecule has 7 nitrogen and oxygen atoms in total. The Bertz CT molecular complexity index is 659. The van der Waals surface area contributed by atoms with E-state index in [-0.39, 0.29) is 5.91 Å². The number of aromatic nitrogens is 2. The monoisotopic (exact) mass is 333 g/mol. The number of aryl methyl sites for hydroxylation is 2. The normalized spacial score (nSPS) is 15.6. The van der Waals surface area contributed by atoms with Crippen molar-refractivity contribution in [1.82, 2.24) is 14.7 Å². The summed E-state index contributed by atoms with van der Waals surface area (Å²) in [6.45, 7) is 7.72. The Kier molecular flexibility index (Phi) is 5.32. The first-order valence-electron chi connectivity index (χ1n) is 8.36. The van der Waals surface area contributed by atoms with Gasteiger partial charge in [0.25, 0.3) is 5.91 Å². The van der Waals surface area contributed by atoms with Crippen LogP contribution in [-0.2, 0) is 18.3 Å². The third kappa shape index (κ3) is 4.04. The number of nitrogens with zero attached hydrogens (tertiary/aromatic N) is 3. The maximum absolute atomic E-state index is 12.8. The van der Waals surface area contributed by atoms with Gasteiger partial charge in [0.1, 0.15) is 19.4 Å². The van der Waals surface area contributed by atoms with Crippen LogP contribution in [-0.4, -0.2) is 60.0 Å². The molecule has 130 valence electrons. The van der Waals surface area contributed by atoms with Gasteiger partial charge in [-0.2, -0.15) is 5.10 Å².